The highest BCUT2D eigenvalue weighted by atomic mass is 79.9. The average molecular weight is 335 g/mol. The fourth-order valence-electron chi connectivity index (χ4n) is 2.20. The maximum Gasteiger partial charge on any atom is 0.138 e. The summed E-state index contributed by atoms with van der Waals surface area (Å²) in [4.78, 5) is 0. The van der Waals surface area contributed by atoms with E-state index in [0.717, 1.165) is 10.9 Å². The summed E-state index contributed by atoms with van der Waals surface area (Å²) in [5.41, 5.74) is 2.27. The van der Waals surface area contributed by atoms with Crippen molar-refractivity contribution in [3.8, 4) is 0 Å². The summed E-state index contributed by atoms with van der Waals surface area (Å²) in [5, 5.41) is 11.3. The third-order valence-corrected chi connectivity index (χ3v) is 3.94. The van der Waals surface area contributed by atoms with E-state index in [1.165, 1.54) is 12.1 Å². The van der Waals surface area contributed by atoms with Gasteiger partial charge < -0.3 is 9.52 Å². The summed E-state index contributed by atoms with van der Waals surface area (Å²) < 4.78 is 19.6. The summed E-state index contributed by atoms with van der Waals surface area (Å²) in [5.74, 6) is 0.00565. The van der Waals surface area contributed by atoms with Gasteiger partial charge in [0.15, 0.2) is 0 Å². The van der Waals surface area contributed by atoms with E-state index in [2.05, 4.69) is 15.9 Å². The molecule has 0 spiro atoms. The van der Waals surface area contributed by atoms with E-state index in [9.17, 15) is 9.50 Å². The van der Waals surface area contributed by atoms with Gasteiger partial charge >= 0.3 is 0 Å². The Hall–Kier alpha value is -1.65. The fraction of sp³-hybridized carbons (Fsp3) is 0.125. The van der Waals surface area contributed by atoms with E-state index >= 15 is 0 Å². The van der Waals surface area contributed by atoms with Gasteiger partial charge in [0.2, 0.25) is 0 Å². The molecule has 0 aliphatic rings. The van der Waals surface area contributed by atoms with Crippen LogP contribution < -0.4 is 0 Å². The van der Waals surface area contributed by atoms with Crippen molar-refractivity contribution in [2.75, 3.05) is 0 Å². The van der Waals surface area contributed by atoms with Crippen LogP contribution in [0.1, 0.15) is 23.0 Å². The summed E-state index contributed by atoms with van der Waals surface area (Å²) in [7, 11) is 0. The maximum absolute atomic E-state index is 13.3. The molecule has 20 heavy (non-hydrogen) atoms. The van der Waals surface area contributed by atoms with Crippen LogP contribution in [0.15, 0.2) is 51.4 Å². The standard InChI is InChI=1S/C16H12BrFO2/c1-9-2-5-14-10(6-9)7-15(20-14)16(19)12-8-11(18)3-4-13(12)17/h2-8,16,19H,1H3. The van der Waals surface area contributed by atoms with Crippen LogP contribution in [0, 0.1) is 12.7 Å². The minimum absolute atomic E-state index is 0.394. The number of halogens is 2. The second kappa shape index (κ2) is 5.04. The predicted octanol–water partition coefficient (Wildman–Crippen LogP) is 4.72. The van der Waals surface area contributed by atoms with Crippen LogP contribution in [0.5, 0.6) is 0 Å². The Bertz CT molecular complexity index is 779. The zero-order chi connectivity index (χ0) is 14.3. The molecule has 0 fully saturated rings. The zero-order valence-corrected chi connectivity index (χ0v) is 12.3. The molecule has 0 saturated carbocycles. The molecule has 0 saturated heterocycles. The molecule has 0 aliphatic carbocycles. The van der Waals surface area contributed by atoms with Crippen molar-refractivity contribution in [3.63, 3.8) is 0 Å². The number of benzene rings is 2. The predicted molar refractivity (Wildman–Crippen MR) is 79.1 cm³/mol. The van der Waals surface area contributed by atoms with E-state index in [-0.39, 0.29) is 0 Å². The van der Waals surface area contributed by atoms with Gasteiger partial charge in [0.05, 0.1) is 0 Å². The van der Waals surface area contributed by atoms with E-state index in [4.69, 9.17) is 4.42 Å². The monoisotopic (exact) mass is 334 g/mol. The lowest BCUT2D eigenvalue weighted by atomic mass is 10.1. The normalized spacial score (nSPS) is 12.8. The lowest BCUT2D eigenvalue weighted by Crippen LogP contribution is -1.99. The van der Waals surface area contributed by atoms with Gasteiger partial charge in [-0.25, -0.2) is 4.39 Å². The molecular weight excluding hydrogens is 323 g/mol. The van der Waals surface area contributed by atoms with Crippen molar-refractivity contribution in [1.29, 1.82) is 0 Å². The molecule has 1 atom stereocenters. The Labute approximate surface area is 124 Å². The van der Waals surface area contributed by atoms with E-state index < -0.39 is 11.9 Å². The van der Waals surface area contributed by atoms with Gasteiger partial charge in [-0.15, -0.1) is 0 Å². The van der Waals surface area contributed by atoms with Crippen LogP contribution in [-0.4, -0.2) is 5.11 Å². The van der Waals surface area contributed by atoms with E-state index in [1.54, 1.807) is 12.1 Å². The van der Waals surface area contributed by atoms with Crippen LogP contribution in [0.2, 0.25) is 0 Å². The number of hydrogen-bond acceptors (Lipinski definition) is 2. The van der Waals surface area contributed by atoms with Gasteiger partial charge in [0, 0.05) is 15.4 Å². The van der Waals surface area contributed by atoms with Crippen LogP contribution in [-0.2, 0) is 0 Å². The second-order valence-corrected chi connectivity index (χ2v) is 5.61. The van der Waals surface area contributed by atoms with Gasteiger partial charge in [0.25, 0.3) is 0 Å². The molecule has 1 unspecified atom stereocenters. The molecule has 102 valence electrons. The second-order valence-electron chi connectivity index (χ2n) is 4.76. The highest BCUT2D eigenvalue weighted by Crippen LogP contribution is 2.32. The first-order valence-electron chi connectivity index (χ1n) is 6.18. The summed E-state index contributed by atoms with van der Waals surface area (Å²) in [6.07, 6.45) is -1.01. The van der Waals surface area contributed by atoms with Gasteiger partial charge in [-0.1, -0.05) is 27.6 Å². The number of rotatable bonds is 2. The Balaban J connectivity index is 2.07. The van der Waals surface area contributed by atoms with Crippen molar-refractivity contribution in [1.82, 2.24) is 0 Å². The molecule has 1 aromatic heterocycles. The van der Waals surface area contributed by atoms with Crippen LogP contribution in [0.25, 0.3) is 11.0 Å². The number of aliphatic hydroxyl groups is 1. The van der Waals surface area contributed by atoms with Crippen molar-refractivity contribution in [2.24, 2.45) is 0 Å². The largest absolute Gasteiger partial charge is 0.458 e. The van der Waals surface area contributed by atoms with Crippen molar-refractivity contribution >= 4 is 26.9 Å². The summed E-state index contributed by atoms with van der Waals surface area (Å²) in [6.45, 7) is 1.99. The molecule has 0 amide bonds. The first-order valence-corrected chi connectivity index (χ1v) is 6.97. The maximum atomic E-state index is 13.3. The molecule has 1 heterocycles. The lowest BCUT2D eigenvalue weighted by Gasteiger charge is -2.10. The Morgan fingerprint density at radius 2 is 1.95 bits per heavy atom. The molecule has 0 radical (unpaired) electrons. The van der Waals surface area contributed by atoms with Crippen molar-refractivity contribution < 1.29 is 13.9 Å². The third kappa shape index (κ3) is 2.37. The van der Waals surface area contributed by atoms with E-state index in [0.29, 0.717) is 21.4 Å². The number of hydrogen-bond donors (Lipinski definition) is 1. The number of fused-ring (bicyclic) bond motifs is 1. The molecule has 3 rings (SSSR count). The van der Waals surface area contributed by atoms with Crippen molar-refractivity contribution in [2.45, 2.75) is 13.0 Å². The number of aliphatic hydroxyl groups excluding tert-OH is 1. The molecule has 0 bridgehead atoms. The smallest absolute Gasteiger partial charge is 0.138 e. The van der Waals surface area contributed by atoms with Gasteiger partial charge in [-0.3, -0.25) is 0 Å². The topological polar surface area (TPSA) is 33.4 Å². The van der Waals surface area contributed by atoms with Crippen LogP contribution in [0.3, 0.4) is 0 Å². The van der Waals surface area contributed by atoms with Gasteiger partial charge in [-0.2, -0.15) is 0 Å². The molecule has 0 aliphatic heterocycles. The summed E-state index contributed by atoms with van der Waals surface area (Å²) in [6, 6.07) is 11.8. The highest BCUT2D eigenvalue weighted by molar-refractivity contribution is 9.10. The molecule has 1 N–H and O–H groups in total. The molecular formula is C16H12BrFO2. The molecule has 2 aromatic carbocycles. The van der Waals surface area contributed by atoms with E-state index in [1.807, 2.05) is 25.1 Å². The quantitative estimate of drug-likeness (QED) is 0.735. The minimum Gasteiger partial charge on any atom is -0.458 e. The Morgan fingerprint density at radius 1 is 1.15 bits per heavy atom. The van der Waals surface area contributed by atoms with Crippen LogP contribution in [0.4, 0.5) is 4.39 Å². The first kappa shape index (κ1) is 13.3. The SMILES string of the molecule is Cc1ccc2oc(C(O)c3cc(F)ccc3Br)cc2c1. The molecule has 3 aromatic rings. The minimum atomic E-state index is -1.01. The molecule has 4 heteroatoms. The number of aryl methyl sites for hydroxylation is 1. The average Bonchev–Trinajstić information content (AvgIpc) is 2.83. The van der Waals surface area contributed by atoms with Crippen molar-refractivity contribution in [3.05, 3.63) is 69.6 Å². The first-order chi connectivity index (χ1) is 9.54. The lowest BCUT2D eigenvalue weighted by molar-refractivity contribution is 0.191. The highest BCUT2D eigenvalue weighted by Gasteiger charge is 2.18. The number of furan rings is 1. The van der Waals surface area contributed by atoms with Gasteiger partial charge in [-0.05, 0) is 43.3 Å². The van der Waals surface area contributed by atoms with Gasteiger partial charge in [0.1, 0.15) is 23.3 Å². The fourth-order valence-corrected chi connectivity index (χ4v) is 2.66. The third-order valence-electron chi connectivity index (χ3n) is 3.21. The molecule has 2 nitrogen and oxygen atoms in total. The van der Waals surface area contributed by atoms with Crippen LogP contribution >= 0.6 is 15.9 Å². The Morgan fingerprint density at radius 3 is 2.75 bits per heavy atom. The zero-order valence-electron chi connectivity index (χ0n) is 10.7. The summed E-state index contributed by atoms with van der Waals surface area (Å²) >= 11 is 3.32. The Kier molecular flexibility index (Phi) is 3.36.